The minimum atomic E-state index is -0.670. The molecule has 0 fully saturated rings. The van der Waals surface area contributed by atoms with Crippen LogP contribution in [0.1, 0.15) is 0 Å². The molecule has 0 unspecified atom stereocenters. The fourth-order valence-corrected chi connectivity index (χ4v) is 1.41. The Kier molecular flexibility index (Phi) is 2.97. The summed E-state index contributed by atoms with van der Waals surface area (Å²) in [6.07, 6.45) is 1.02. The van der Waals surface area contributed by atoms with Gasteiger partial charge in [0.1, 0.15) is 12.0 Å². The molecule has 0 aliphatic carbocycles. The predicted octanol–water partition coefficient (Wildman–Crippen LogP) is 2.84. The minimum Gasteiger partial charge on any atom is -0.258 e. The Balaban J connectivity index is 2.44. The Morgan fingerprint density at radius 3 is 2.47 bits per heavy atom. The molecule has 7 heteroatoms. The van der Waals surface area contributed by atoms with E-state index in [1.54, 1.807) is 0 Å². The number of nitrogens with zero attached hydrogens (tertiary/aromatic N) is 3. The van der Waals surface area contributed by atoms with Crippen LogP contribution in [0.2, 0.25) is 5.15 Å². The average molecular weight is 254 g/mol. The normalized spacial score (nSPS) is 10.2. The molecule has 0 saturated heterocycles. The molecule has 0 spiro atoms. The highest BCUT2D eigenvalue weighted by atomic mass is 35.5. The summed E-state index contributed by atoms with van der Waals surface area (Å²) in [5.74, 6) is -0.178. The van der Waals surface area contributed by atoms with Crippen molar-refractivity contribution in [2.24, 2.45) is 0 Å². The third kappa shape index (κ3) is 2.36. The van der Waals surface area contributed by atoms with Crippen molar-refractivity contribution < 1.29 is 9.31 Å². The lowest BCUT2D eigenvalue weighted by molar-refractivity contribution is -0.385. The summed E-state index contributed by atoms with van der Waals surface area (Å²) in [7, 11) is 0. The third-order valence-electron chi connectivity index (χ3n) is 2.02. The van der Waals surface area contributed by atoms with Crippen LogP contribution < -0.4 is 0 Å². The average Bonchev–Trinajstić information content (AvgIpc) is 2.29. The lowest BCUT2D eigenvalue weighted by atomic mass is 10.2. The fraction of sp³-hybridized carbons (Fsp3) is 0. The number of hydrogen-bond acceptors (Lipinski definition) is 4. The maximum atomic E-state index is 12.7. The molecule has 5 nitrogen and oxygen atoms in total. The van der Waals surface area contributed by atoms with Gasteiger partial charge in [0.25, 0.3) is 0 Å². The van der Waals surface area contributed by atoms with E-state index in [2.05, 4.69) is 9.97 Å². The molecule has 0 N–H and O–H groups in total. The van der Waals surface area contributed by atoms with Crippen LogP contribution in [-0.4, -0.2) is 14.9 Å². The first-order chi connectivity index (χ1) is 8.08. The topological polar surface area (TPSA) is 68.9 Å². The highest BCUT2D eigenvalue weighted by molar-refractivity contribution is 6.31. The molecule has 86 valence electrons. The van der Waals surface area contributed by atoms with Gasteiger partial charge in [-0.25, -0.2) is 14.4 Å². The van der Waals surface area contributed by atoms with Gasteiger partial charge in [-0.3, -0.25) is 10.1 Å². The van der Waals surface area contributed by atoms with Crippen LogP contribution in [0, 0.1) is 15.9 Å². The molecular formula is C10H5ClFN3O2. The zero-order chi connectivity index (χ0) is 12.4. The Morgan fingerprint density at radius 1 is 1.29 bits per heavy atom. The van der Waals surface area contributed by atoms with Crippen LogP contribution in [0.25, 0.3) is 11.4 Å². The number of benzene rings is 1. The van der Waals surface area contributed by atoms with Crippen molar-refractivity contribution in [1.29, 1.82) is 0 Å². The van der Waals surface area contributed by atoms with E-state index in [0.29, 0.717) is 5.56 Å². The van der Waals surface area contributed by atoms with Crippen LogP contribution >= 0.6 is 11.6 Å². The van der Waals surface area contributed by atoms with Gasteiger partial charge < -0.3 is 0 Å². The van der Waals surface area contributed by atoms with E-state index < -0.39 is 4.92 Å². The molecule has 1 aromatic heterocycles. The van der Waals surface area contributed by atoms with Gasteiger partial charge in [-0.15, -0.1) is 0 Å². The Bertz CT molecular complexity index is 574. The number of rotatable bonds is 2. The molecule has 0 bridgehead atoms. The summed E-state index contributed by atoms with van der Waals surface area (Å²) in [4.78, 5) is 17.4. The molecule has 1 heterocycles. The summed E-state index contributed by atoms with van der Waals surface area (Å²) >= 11 is 5.64. The van der Waals surface area contributed by atoms with Gasteiger partial charge in [0, 0.05) is 5.56 Å². The second kappa shape index (κ2) is 4.42. The van der Waals surface area contributed by atoms with Crippen molar-refractivity contribution in [1.82, 2.24) is 9.97 Å². The van der Waals surface area contributed by atoms with Crippen molar-refractivity contribution in [2.75, 3.05) is 0 Å². The maximum Gasteiger partial charge on any atom is 0.324 e. The third-order valence-corrected chi connectivity index (χ3v) is 2.30. The van der Waals surface area contributed by atoms with Gasteiger partial charge in [0.15, 0.2) is 5.82 Å². The van der Waals surface area contributed by atoms with E-state index in [1.165, 1.54) is 24.3 Å². The molecule has 2 rings (SSSR count). The maximum absolute atomic E-state index is 12.7. The van der Waals surface area contributed by atoms with E-state index in [-0.39, 0.29) is 22.5 Å². The Morgan fingerprint density at radius 2 is 1.94 bits per heavy atom. The molecular weight excluding hydrogens is 249 g/mol. The van der Waals surface area contributed by atoms with Crippen molar-refractivity contribution >= 4 is 17.3 Å². The Hall–Kier alpha value is -2.08. The smallest absolute Gasteiger partial charge is 0.258 e. The molecule has 2 aromatic rings. The van der Waals surface area contributed by atoms with Crippen LogP contribution in [0.5, 0.6) is 0 Å². The van der Waals surface area contributed by atoms with Crippen molar-refractivity contribution in [3.05, 3.63) is 51.5 Å². The van der Waals surface area contributed by atoms with Crippen LogP contribution in [0.15, 0.2) is 30.5 Å². The minimum absolute atomic E-state index is 0.209. The SMILES string of the molecule is O=[N+]([O-])c1cnc(-c2ccc(F)cc2)nc1Cl. The van der Waals surface area contributed by atoms with E-state index >= 15 is 0 Å². The lowest BCUT2D eigenvalue weighted by Gasteiger charge is -2.00. The van der Waals surface area contributed by atoms with Gasteiger partial charge in [0.05, 0.1) is 4.92 Å². The predicted molar refractivity (Wildman–Crippen MR) is 59.1 cm³/mol. The highest BCUT2D eigenvalue weighted by Crippen LogP contribution is 2.24. The Labute approximate surface area is 100 Å². The van der Waals surface area contributed by atoms with Gasteiger partial charge >= 0.3 is 5.69 Å². The molecule has 0 aliphatic heterocycles. The summed E-state index contributed by atoms with van der Waals surface area (Å²) in [6, 6.07) is 5.42. The fourth-order valence-electron chi connectivity index (χ4n) is 1.22. The van der Waals surface area contributed by atoms with Crippen molar-refractivity contribution in [3.8, 4) is 11.4 Å². The molecule has 0 amide bonds. The van der Waals surface area contributed by atoms with Crippen LogP contribution in [-0.2, 0) is 0 Å². The van der Waals surface area contributed by atoms with Crippen LogP contribution in [0.3, 0.4) is 0 Å². The standard InChI is InChI=1S/C10H5ClFN3O2/c11-9-8(15(16)17)5-13-10(14-9)6-1-3-7(12)4-2-6/h1-5H. The monoisotopic (exact) mass is 253 g/mol. The first-order valence-corrected chi connectivity index (χ1v) is 4.88. The molecule has 0 saturated carbocycles. The quantitative estimate of drug-likeness (QED) is 0.469. The molecule has 0 aliphatic rings. The first-order valence-electron chi connectivity index (χ1n) is 4.51. The van der Waals surface area contributed by atoms with Gasteiger partial charge in [-0.1, -0.05) is 11.6 Å². The van der Waals surface area contributed by atoms with E-state index in [0.717, 1.165) is 6.20 Å². The second-order valence-corrected chi connectivity index (χ2v) is 3.49. The highest BCUT2D eigenvalue weighted by Gasteiger charge is 2.15. The van der Waals surface area contributed by atoms with Gasteiger partial charge in [0.2, 0.25) is 5.15 Å². The van der Waals surface area contributed by atoms with E-state index in [4.69, 9.17) is 11.6 Å². The zero-order valence-electron chi connectivity index (χ0n) is 8.30. The number of nitro groups is 1. The molecule has 1 aromatic carbocycles. The number of halogens is 2. The summed E-state index contributed by atoms with van der Waals surface area (Å²) in [6.45, 7) is 0. The van der Waals surface area contributed by atoms with Crippen LogP contribution in [0.4, 0.5) is 10.1 Å². The second-order valence-electron chi connectivity index (χ2n) is 3.13. The lowest BCUT2D eigenvalue weighted by Crippen LogP contribution is -1.95. The largest absolute Gasteiger partial charge is 0.324 e. The van der Waals surface area contributed by atoms with Crippen molar-refractivity contribution in [2.45, 2.75) is 0 Å². The first kappa shape index (κ1) is 11.4. The number of aromatic nitrogens is 2. The van der Waals surface area contributed by atoms with E-state index in [1.807, 2.05) is 0 Å². The van der Waals surface area contributed by atoms with Gasteiger partial charge in [-0.05, 0) is 24.3 Å². The summed E-state index contributed by atoms with van der Waals surface area (Å²) in [5.41, 5.74) is 0.167. The summed E-state index contributed by atoms with van der Waals surface area (Å²) in [5, 5.41) is 10.3. The molecule has 0 radical (unpaired) electrons. The van der Waals surface area contributed by atoms with Gasteiger partial charge in [-0.2, -0.15) is 0 Å². The molecule has 0 atom stereocenters. The number of hydrogen-bond donors (Lipinski definition) is 0. The molecule has 17 heavy (non-hydrogen) atoms. The van der Waals surface area contributed by atoms with Crippen molar-refractivity contribution in [3.63, 3.8) is 0 Å². The van der Waals surface area contributed by atoms with E-state index in [9.17, 15) is 14.5 Å². The zero-order valence-corrected chi connectivity index (χ0v) is 9.06. The summed E-state index contributed by atoms with van der Waals surface area (Å²) < 4.78 is 12.7.